The maximum atomic E-state index is 9.54. The zero-order valence-corrected chi connectivity index (χ0v) is 17.8. The minimum atomic E-state index is -0.106. The van der Waals surface area contributed by atoms with Crippen LogP contribution in [0.25, 0.3) is 0 Å². The predicted octanol–water partition coefficient (Wildman–Crippen LogP) is 5.74. The summed E-state index contributed by atoms with van der Waals surface area (Å²) in [6.45, 7) is 2.80. The molecule has 0 heterocycles. The molecule has 0 radical (unpaired) electrons. The van der Waals surface area contributed by atoms with Gasteiger partial charge in [-0.25, -0.2) is 0 Å². The SMILES string of the molecule is N#C/C(=C\C1=CCC(=NCCNCCC2=CC=CCC2)CC1)C1=CC=CCC1Cl. The summed E-state index contributed by atoms with van der Waals surface area (Å²) in [4.78, 5) is 4.76. The van der Waals surface area contributed by atoms with E-state index in [-0.39, 0.29) is 5.38 Å². The van der Waals surface area contributed by atoms with Crippen LogP contribution in [-0.4, -0.2) is 30.7 Å². The van der Waals surface area contributed by atoms with Crippen molar-refractivity contribution in [3.05, 3.63) is 70.9 Å². The van der Waals surface area contributed by atoms with Crippen LogP contribution < -0.4 is 5.32 Å². The van der Waals surface area contributed by atoms with E-state index in [4.69, 9.17) is 16.6 Å². The summed E-state index contributed by atoms with van der Waals surface area (Å²) in [5.74, 6) is 0. The van der Waals surface area contributed by atoms with Gasteiger partial charge >= 0.3 is 0 Å². The van der Waals surface area contributed by atoms with E-state index in [1.165, 1.54) is 24.1 Å². The van der Waals surface area contributed by atoms with Crippen LogP contribution in [0.2, 0.25) is 0 Å². The molecule has 29 heavy (non-hydrogen) atoms. The smallest absolute Gasteiger partial charge is 0.0995 e. The molecule has 3 nitrogen and oxygen atoms in total. The third-order valence-corrected chi connectivity index (χ3v) is 5.92. The Kier molecular flexibility index (Phi) is 8.74. The quantitative estimate of drug-likeness (QED) is 0.317. The summed E-state index contributed by atoms with van der Waals surface area (Å²) in [5, 5.41) is 12.9. The highest BCUT2D eigenvalue weighted by atomic mass is 35.5. The number of rotatable bonds is 8. The van der Waals surface area contributed by atoms with E-state index in [0.29, 0.717) is 5.57 Å². The molecule has 3 rings (SSSR count). The van der Waals surface area contributed by atoms with Gasteiger partial charge in [0.1, 0.15) is 0 Å². The average Bonchev–Trinajstić information content (AvgIpc) is 2.77. The Labute approximate surface area is 179 Å². The molecule has 4 heteroatoms. The first-order valence-electron chi connectivity index (χ1n) is 10.7. The van der Waals surface area contributed by atoms with Gasteiger partial charge in [-0.2, -0.15) is 5.26 Å². The lowest BCUT2D eigenvalue weighted by Crippen LogP contribution is -2.20. The molecule has 0 aromatic heterocycles. The fourth-order valence-electron chi connectivity index (χ4n) is 3.77. The molecule has 3 aliphatic rings. The lowest BCUT2D eigenvalue weighted by Gasteiger charge is -2.16. The zero-order valence-electron chi connectivity index (χ0n) is 17.0. The van der Waals surface area contributed by atoms with Gasteiger partial charge in [-0.05, 0) is 62.3 Å². The Bertz CT molecular complexity index is 831. The van der Waals surface area contributed by atoms with Crippen LogP contribution in [0.4, 0.5) is 0 Å². The van der Waals surface area contributed by atoms with Crippen LogP contribution in [-0.2, 0) is 0 Å². The summed E-state index contributed by atoms with van der Waals surface area (Å²) >= 11 is 6.37. The Balaban J connectivity index is 1.42. The summed E-state index contributed by atoms with van der Waals surface area (Å²) < 4.78 is 0. The number of hydrogen-bond donors (Lipinski definition) is 1. The van der Waals surface area contributed by atoms with Crippen molar-refractivity contribution < 1.29 is 0 Å². The second-order valence-corrected chi connectivity index (χ2v) is 8.17. The lowest BCUT2D eigenvalue weighted by atomic mass is 9.92. The lowest BCUT2D eigenvalue weighted by molar-refractivity contribution is 0.673. The first-order chi connectivity index (χ1) is 14.3. The zero-order chi connectivity index (χ0) is 20.3. The molecule has 0 aliphatic heterocycles. The first-order valence-corrected chi connectivity index (χ1v) is 11.1. The topological polar surface area (TPSA) is 48.2 Å². The van der Waals surface area contributed by atoms with Crippen LogP contribution in [0.1, 0.15) is 44.9 Å². The van der Waals surface area contributed by atoms with Crippen molar-refractivity contribution in [3.8, 4) is 6.07 Å². The van der Waals surface area contributed by atoms with E-state index < -0.39 is 0 Å². The van der Waals surface area contributed by atoms with Crippen LogP contribution >= 0.6 is 11.6 Å². The van der Waals surface area contributed by atoms with E-state index in [1.54, 1.807) is 5.57 Å². The van der Waals surface area contributed by atoms with Crippen LogP contribution in [0.3, 0.4) is 0 Å². The Morgan fingerprint density at radius 1 is 1.21 bits per heavy atom. The molecule has 1 atom stereocenters. The van der Waals surface area contributed by atoms with Crippen molar-refractivity contribution in [1.82, 2.24) is 5.32 Å². The Hall–Kier alpha value is -2.15. The molecule has 0 amide bonds. The minimum absolute atomic E-state index is 0.106. The number of nitriles is 1. The molecule has 0 fully saturated rings. The van der Waals surface area contributed by atoms with E-state index in [0.717, 1.165) is 57.3 Å². The molecule has 0 saturated carbocycles. The minimum Gasteiger partial charge on any atom is -0.315 e. The van der Waals surface area contributed by atoms with E-state index in [2.05, 4.69) is 35.7 Å². The maximum Gasteiger partial charge on any atom is 0.0995 e. The molecule has 0 aromatic rings. The number of halogens is 1. The summed E-state index contributed by atoms with van der Waals surface area (Å²) in [5.41, 5.74) is 5.64. The highest BCUT2D eigenvalue weighted by Crippen LogP contribution is 2.28. The number of alkyl halides is 1. The highest BCUT2D eigenvalue weighted by molar-refractivity contribution is 6.23. The largest absolute Gasteiger partial charge is 0.315 e. The fourth-order valence-corrected chi connectivity index (χ4v) is 4.06. The number of nitrogens with one attached hydrogen (secondary N) is 1. The summed E-state index contributed by atoms with van der Waals surface area (Å²) in [7, 11) is 0. The molecule has 3 aliphatic carbocycles. The normalized spacial score (nSPS) is 23.4. The van der Waals surface area contributed by atoms with Crippen LogP contribution in [0.5, 0.6) is 0 Å². The van der Waals surface area contributed by atoms with Crippen molar-refractivity contribution >= 4 is 17.3 Å². The molecule has 152 valence electrons. The van der Waals surface area contributed by atoms with Crippen LogP contribution in [0.15, 0.2) is 75.9 Å². The standard InChI is InChI=1S/C25H30ClN3/c26-25-9-5-4-8-24(25)22(19-27)18-21-10-12-23(13-11-21)29-17-16-28-15-14-20-6-2-1-3-7-20/h1-2,4-6,8,10,18,25,28H,3,7,9,11-17H2/b22-18+,29-23?. The number of aliphatic imine (C=N–C) groups is 1. The van der Waals surface area contributed by atoms with Gasteiger partial charge in [0, 0.05) is 18.7 Å². The fraction of sp³-hybridized carbons (Fsp3) is 0.440. The van der Waals surface area contributed by atoms with Gasteiger partial charge < -0.3 is 5.32 Å². The average molecular weight is 408 g/mol. The summed E-state index contributed by atoms with van der Waals surface area (Å²) in [6, 6.07) is 2.33. The van der Waals surface area contributed by atoms with Crippen LogP contribution in [0, 0.1) is 11.3 Å². The number of nitrogens with zero attached hydrogens (tertiary/aromatic N) is 2. The number of hydrogen-bond acceptors (Lipinski definition) is 3. The van der Waals surface area contributed by atoms with Gasteiger partial charge in [-0.3, -0.25) is 4.99 Å². The van der Waals surface area contributed by atoms with E-state index in [1.807, 2.05) is 24.3 Å². The second kappa shape index (κ2) is 11.8. The van der Waals surface area contributed by atoms with Crippen molar-refractivity contribution in [2.24, 2.45) is 4.99 Å². The van der Waals surface area contributed by atoms with Crippen molar-refractivity contribution in [3.63, 3.8) is 0 Å². The maximum absolute atomic E-state index is 9.54. The Morgan fingerprint density at radius 2 is 2.10 bits per heavy atom. The molecular weight excluding hydrogens is 378 g/mol. The van der Waals surface area contributed by atoms with Crippen molar-refractivity contribution in [2.45, 2.75) is 50.3 Å². The van der Waals surface area contributed by atoms with Crippen molar-refractivity contribution in [2.75, 3.05) is 19.6 Å². The molecule has 1 N–H and O–H groups in total. The van der Waals surface area contributed by atoms with Gasteiger partial charge in [0.15, 0.2) is 0 Å². The molecule has 0 spiro atoms. The molecule has 0 aromatic carbocycles. The van der Waals surface area contributed by atoms with Crippen molar-refractivity contribution in [1.29, 1.82) is 5.26 Å². The summed E-state index contributed by atoms with van der Waals surface area (Å²) in [6.07, 6.45) is 23.9. The van der Waals surface area contributed by atoms with Gasteiger partial charge in [0.25, 0.3) is 0 Å². The van der Waals surface area contributed by atoms with Gasteiger partial charge in [-0.15, -0.1) is 11.6 Å². The third-order valence-electron chi connectivity index (χ3n) is 5.50. The Morgan fingerprint density at radius 3 is 2.83 bits per heavy atom. The van der Waals surface area contributed by atoms with Gasteiger partial charge in [0.2, 0.25) is 0 Å². The highest BCUT2D eigenvalue weighted by Gasteiger charge is 2.17. The van der Waals surface area contributed by atoms with Gasteiger partial charge in [-0.1, -0.05) is 48.1 Å². The molecular formula is C25H30ClN3. The molecule has 1 unspecified atom stereocenters. The predicted molar refractivity (Wildman–Crippen MR) is 123 cm³/mol. The van der Waals surface area contributed by atoms with Gasteiger partial charge in [0.05, 0.1) is 23.6 Å². The molecule has 0 bridgehead atoms. The van der Waals surface area contributed by atoms with E-state index >= 15 is 0 Å². The number of allylic oxidation sites excluding steroid dienone is 11. The molecule has 0 saturated heterocycles. The first kappa shape index (κ1) is 21.6. The third kappa shape index (κ3) is 6.99. The second-order valence-electron chi connectivity index (χ2n) is 7.65. The monoisotopic (exact) mass is 407 g/mol. The van der Waals surface area contributed by atoms with E-state index in [9.17, 15) is 5.26 Å².